The maximum absolute atomic E-state index is 12.2. The fourth-order valence-corrected chi connectivity index (χ4v) is 2.81. The van der Waals surface area contributed by atoms with E-state index in [1.807, 2.05) is 29.2 Å². The number of nitrogens with zero attached hydrogens (tertiary/aromatic N) is 2. The average molecular weight is 260 g/mol. The second-order valence-corrected chi connectivity index (χ2v) is 4.75. The van der Waals surface area contributed by atoms with Gasteiger partial charge in [-0.1, -0.05) is 18.2 Å². The van der Waals surface area contributed by atoms with E-state index in [0.717, 1.165) is 11.1 Å². The van der Waals surface area contributed by atoms with Gasteiger partial charge in [-0.3, -0.25) is 4.79 Å². The lowest BCUT2D eigenvalue weighted by molar-refractivity contribution is 0.0450. The van der Waals surface area contributed by atoms with Crippen molar-refractivity contribution in [2.75, 3.05) is 26.2 Å². The standard InChI is InChI=1S/C14H16N2O3/c1-2-19-14(18)15-7-8-16-12(9-15)10-5-3-4-6-11(10)13(16)17/h3-6,12H,2,7-9H2,1H3/t12-/m1/s1. The van der Waals surface area contributed by atoms with E-state index in [-0.39, 0.29) is 18.0 Å². The first-order valence-corrected chi connectivity index (χ1v) is 6.54. The zero-order valence-electron chi connectivity index (χ0n) is 10.8. The Kier molecular flexibility index (Phi) is 2.89. The lowest BCUT2D eigenvalue weighted by Gasteiger charge is -2.37. The quantitative estimate of drug-likeness (QED) is 0.771. The van der Waals surface area contributed by atoms with Crippen molar-refractivity contribution in [3.8, 4) is 0 Å². The van der Waals surface area contributed by atoms with Gasteiger partial charge < -0.3 is 14.5 Å². The molecule has 5 nitrogen and oxygen atoms in total. The molecule has 1 atom stereocenters. The summed E-state index contributed by atoms with van der Waals surface area (Å²) >= 11 is 0. The molecule has 0 bridgehead atoms. The van der Waals surface area contributed by atoms with Crippen LogP contribution in [-0.4, -0.2) is 48.0 Å². The third-order valence-electron chi connectivity index (χ3n) is 3.72. The van der Waals surface area contributed by atoms with Gasteiger partial charge in [0.2, 0.25) is 0 Å². The number of carbonyl (C=O) groups is 2. The first kappa shape index (κ1) is 12.0. The van der Waals surface area contributed by atoms with E-state index in [4.69, 9.17) is 4.74 Å². The molecular weight excluding hydrogens is 244 g/mol. The topological polar surface area (TPSA) is 49.9 Å². The fourth-order valence-electron chi connectivity index (χ4n) is 2.81. The zero-order valence-corrected chi connectivity index (χ0v) is 10.8. The minimum Gasteiger partial charge on any atom is -0.450 e. The lowest BCUT2D eigenvalue weighted by atomic mass is 10.0. The molecule has 2 aliphatic rings. The van der Waals surface area contributed by atoms with E-state index in [2.05, 4.69) is 0 Å². The number of hydrogen-bond acceptors (Lipinski definition) is 3. The number of benzene rings is 1. The Balaban J connectivity index is 1.85. The molecule has 1 saturated heterocycles. The van der Waals surface area contributed by atoms with E-state index in [0.29, 0.717) is 26.2 Å². The van der Waals surface area contributed by atoms with Gasteiger partial charge in [0.15, 0.2) is 0 Å². The van der Waals surface area contributed by atoms with Gasteiger partial charge in [-0.05, 0) is 18.6 Å². The molecule has 0 aliphatic carbocycles. The van der Waals surface area contributed by atoms with Gasteiger partial charge in [0, 0.05) is 25.2 Å². The molecule has 2 aliphatic heterocycles. The molecule has 1 aromatic carbocycles. The van der Waals surface area contributed by atoms with Gasteiger partial charge in [-0.25, -0.2) is 4.79 Å². The number of piperazine rings is 1. The summed E-state index contributed by atoms with van der Waals surface area (Å²) in [5.41, 5.74) is 1.78. The summed E-state index contributed by atoms with van der Waals surface area (Å²) in [5.74, 6) is 0.0732. The average Bonchev–Trinajstić information content (AvgIpc) is 2.73. The van der Waals surface area contributed by atoms with Crippen LogP contribution in [-0.2, 0) is 4.74 Å². The highest BCUT2D eigenvalue weighted by Gasteiger charge is 2.41. The van der Waals surface area contributed by atoms with E-state index >= 15 is 0 Å². The van der Waals surface area contributed by atoms with Crippen molar-refractivity contribution >= 4 is 12.0 Å². The van der Waals surface area contributed by atoms with Crippen LogP contribution in [0, 0.1) is 0 Å². The summed E-state index contributed by atoms with van der Waals surface area (Å²) in [5, 5.41) is 0. The van der Waals surface area contributed by atoms with Crippen molar-refractivity contribution in [2.24, 2.45) is 0 Å². The van der Waals surface area contributed by atoms with Crippen molar-refractivity contribution in [1.82, 2.24) is 9.80 Å². The maximum Gasteiger partial charge on any atom is 0.409 e. The van der Waals surface area contributed by atoms with Gasteiger partial charge in [0.05, 0.1) is 12.6 Å². The van der Waals surface area contributed by atoms with Crippen LogP contribution in [0.3, 0.4) is 0 Å². The van der Waals surface area contributed by atoms with E-state index in [1.165, 1.54) is 0 Å². The highest BCUT2D eigenvalue weighted by atomic mass is 16.6. The van der Waals surface area contributed by atoms with Gasteiger partial charge in [-0.15, -0.1) is 0 Å². The third-order valence-corrected chi connectivity index (χ3v) is 3.72. The summed E-state index contributed by atoms with van der Waals surface area (Å²) in [7, 11) is 0. The Morgan fingerprint density at radius 1 is 1.37 bits per heavy atom. The number of amides is 2. The fraction of sp³-hybridized carbons (Fsp3) is 0.429. The Hall–Kier alpha value is -2.04. The van der Waals surface area contributed by atoms with Crippen LogP contribution in [0.4, 0.5) is 4.79 Å². The van der Waals surface area contributed by atoms with Crippen LogP contribution < -0.4 is 0 Å². The number of hydrogen-bond donors (Lipinski definition) is 0. The van der Waals surface area contributed by atoms with E-state index in [1.54, 1.807) is 11.8 Å². The van der Waals surface area contributed by atoms with Crippen molar-refractivity contribution < 1.29 is 14.3 Å². The van der Waals surface area contributed by atoms with Crippen LogP contribution in [0.5, 0.6) is 0 Å². The van der Waals surface area contributed by atoms with Crippen molar-refractivity contribution in [3.05, 3.63) is 35.4 Å². The van der Waals surface area contributed by atoms with Crippen molar-refractivity contribution in [2.45, 2.75) is 13.0 Å². The monoisotopic (exact) mass is 260 g/mol. The molecule has 0 spiro atoms. The number of ether oxygens (including phenoxy) is 1. The molecule has 0 saturated carbocycles. The van der Waals surface area contributed by atoms with Gasteiger partial charge in [0.1, 0.15) is 0 Å². The number of carbonyl (C=O) groups excluding carboxylic acids is 2. The summed E-state index contributed by atoms with van der Waals surface area (Å²) in [6.07, 6.45) is -0.293. The highest BCUT2D eigenvalue weighted by molar-refractivity contribution is 5.99. The maximum atomic E-state index is 12.2. The SMILES string of the molecule is CCOC(=O)N1CCN2C(=O)c3ccccc3[C@H]2C1. The molecule has 19 heavy (non-hydrogen) atoms. The minimum atomic E-state index is -0.293. The molecule has 2 amide bonds. The van der Waals surface area contributed by atoms with E-state index in [9.17, 15) is 9.59 Å². The summed E-state index contributed by atoms with van der Waals surface area (Å²) < 4.78 is 5.03. The molecule has 5 heteroatoms. The summed E-state index contributed by atoms with van der Waals surface area (Å²) in [4.78, 5) is 27.5. The van der Waals surface area contributed by atoms with Gasteiger partial charge >= 0.3 is 6.09 Å². The molecular formula is C14H16N2O3. The van der Waals surface area contributed by atoms with Gasteiger partial charge in [-0.2, -0.15) is 0 Å². The zero-order chi connectivity index (χ0) is 13.4. The smallest absolute Gasteiger partial charge is 0.409 e. The van der Waals surface area contributed by atoms with Crippen LogP contribution in [0.15, 0.2) is 24.3 Å². The van der Waals surface area contributed by atoms with E-state index < -0.39 is 0 Å². The molecule has 0 radical (unpaired) electrons. The normalized spacial score (nSPS) is 21.1. The molecule has 1 aromatic rings. The third kappa shape index (κ3) is 1.85. The first-order chi connectivity index (χ1) is 9.22. The molecule has 1 fully saturated rings. The molecule has 100 valence electrons. The number of rotatable bonds is 1. The van der Waals surface area contributed by atoms with Crippen LogP contribution in [0.1, 0.15) is 28.9 Å². The Bertz CT molecular complexity index is 529. The Morgan fingerprint density at radius 2 is 2.16 bits per heavy atom. The Labute approximate surface area is 111 Å². The lowest BCUT2D eigenvalue weighted by Crippen LogP contribution is -2.49. The second-order valence-electron chi connectivity index (χ2n) is 4.75. The van der Waals surface area contributed by atoms with Crippen LogP contribution in [0.2, 0.25) is 0 Å². The number of fused-ring (bicyclic) bond motifs is 3. The molecule has 0 aromatic heterocycles. The largest absolute Gasteiger partial charge is 0.450 e. The Morgan fingerprint density at radius 3 is 2.95 bits per heavy atom. The molecule has 0 N–H and O–H groups in total. The first-order valence-electron chi connectivity index (χ1n) is 6.54. The predicted molar refractivity (Wildman–Crippen MR) is 68.8 cm³/mol. The highest BCUT2D eigenvalue weighted by Crippen LogP contribution is 2.35. The second kappa shape index (κ2) is 4.57. The van der Waals surface area contributed by atoms with Crippen LogP contribution in [0.25, 0.3) is 0 Å². The van der Waals surface area contributed by atoms with Gasteiger partial charge in [0.25, 0.3) is 5.91 Å². The summed E-state index contributed by atoms with van der Waals surface area (Å²) in [6.45, 7) is 3.79. The predicted octanol–water partition coefficient (Wildman–Crippen LogP) is 1.66. The molecule has 2 heterocycles. The van der Waals surface area contributed by atoms with Crippen LogP contribution >= 0.6 is 0 Å². The molecule has 3 rings (SSSR count). The minimum absolute atomic E-state index is 0.0261. The van der Waals surface area contributed by atoms with Crippen molar-refractivity contribution in [1.29, 1.82) is 0 Å². The molecule has 0 unspecified atom stereocenters. The summed E-state index contributed by atoms with van der Waals surface area (Å²) in [6, 6.07) is 7.59. The van der Waals surface area contributed by atoms with Crippen molar-refractivity contribution in [3.63, 3.8) is 0 Å².